The molecule has 1 fully saturated rings. The summed E-state index contributed by atoms with van der Waals surface area (Å²) in [5.41, 5.74) is 0.131. The van der Waals surface area contributed by atoms with E-state index in [1.807, 2.05) is 0 Å². The Kier molecular flexibility index (Phi) is 5.26. The summed E-state index contributed by atoms with van der Waals surface area (Å²) in [7, 11) is -4.39. The van der Waals surface area contributed by atoms with Gasteiger partial charge in [0.1, 0.15) is 10.7 Å². The number of nitrogens with one attached hydrogen (secondary N) is 2. The minimum atomic E-state index is -4.39. The molecule has 9 heteroatoms. The molecule has 1 saturated heterocycles. The molecule has 5 nitrogen and oxygen atoms in total. The van der Waals surface area contributed by atoms with Crippen molar-refractivity contribution >= 4 is 26.6 Å². The summed E-state index contributed by atoms with van der Waals surface area (Å²) in [6, 6.07) is 9.72. The quantitative estimate of drug-likeness (QED) is 0.648. The lowest BCUT2D eigenvalue weighted by Gasteiger charge is -2.25. The SMILES string of the molecule is O=S(=O)(c1ccccc1F)n1cc(C(F)F)c2c(NC3CCNCC3)cccc21. The molecule has 2 N–H and O–H groups in total. The van der Waals surface area contributed by atoms with Gasteiger partial charge in [-0.1, -0.05) is 18.2 Å². The number of hydrogen-bond acceptors (Lipinski definition) is 4. The van der Waals surface area contributed by atoms with Crippen molar-refractivity contribution < 1.29 is 21.6 Å². The molecule has 0 atom stereocenters. The Hall–Kier alpha value is -2.52. The van der Waals surface area contributed by atoms with Crippen LogP contribution in [0.2, 0.25) is 0 Å². The van der Waals surface area contributed by atoms with E-state index in [4.69, 9.17) is 0 Å². The van der Waals surface area contributed by atoms with Crippen LogP contribution in [0.3, 0.4) is 0 Å². The third kappa shape index (κ3) is 3.60. The van der Waals surface area contributed by atoms with Gasteiger partial charge in [-0.15, -0.1) is 0 Å². The third-order valence-electron chi connectivity index (χ3n) is 5.13. The van der Waals surface area contributed by atoms with Gasteiger partial charge in [-0.3, -0.25) is 0 Å². The number of alkyl halides is 2. The van der Waals surface area contributed by atoms with E-state index in [0.29, 0.717) is 5.69 Å². The number of aromatic nitrogens is 1. The first-order valence-corrected chi connectivity index (χ1v) is 10.7. The van der Waals surface area contributed by atoms with Gasteiger partial charge in [0.25, 0.3) is 16.4 Å². The Morgan fingerprint density at radius 3 is 2.48 bits per heavy atom. The van der Waals surface area contributed by atoms with Gasteiger partial charge in [0.05, 0.1) is 5.52 Å². The molecular formula is C20H20F3N3O2S. The van der Waals surface area contributed by atoms with E-state index in [1.165, 1.54) is 18.2 Å². The largest absolute Gasteiger partial charge is 0.382 e. The number of nitrogens with zero attached hydrogens (tertiary/aromatic N) is 1. The number of fused-ring (bicyclic) bond motifs is 1. The average Bonchev–Trinajstić information content (AvgIpc) is 3.11. The second-order valence-electron chi connectivity index (χ2n) is 6.98. The van der Waals surface area contributed by atoms with Crippen molar-refractivity contribution in [2.24, 2.45) is 0 Å². The zero-order valence-electron chi connectivity index (χ0n) is 15.4. The molecule has 0 amide bonds. The number of piperidine rings is 1. The minimum absolute atomic E-state index is 0.0856. The van der Waals surface area contributed by atoms with E-state index in [9.17, 15) is 21.6 Å². The number of benzene rings is 2. The van der Waals surface area contributed by atoms with Crippen molar-refractivity contribution in [3.63, 3.8) is 0 Å². The van der Waals surface area contributed by atoms with Crippen LogP contribution in [-0.4, -0.2) is 31.5 Å². The van der Waals surface area contributed by atoms with Crippen molar-refractivity contribution in [3.05, 3.63) is 60.0 Å². The molecule has 3 aromatic rings. The van der Waals surface area contributed by atoms with Gasteiger partial charge < -0.3 is 10.6 Å². The molecule has 4 rings (SSSR count). The molecule has 29 heavy (non-hydrogen) atoms. The highest BCUT2D eigenvalue weighted by atomic mass is 32.2. The van der Waals surface area contributed by atoms with Crippen molar-refractivity contribution in [1.82, 2.24) is 9.29 Å². The van der Waals surface area contributed by atoms with Crippen LogP contribution < -0.4 is 10.6 Å². The lowest BCUT2D eigenvalue weighted by molar-refractivity contribution is 0.153. The van der Waals surface area contributed by atoms with Gasteiger partial charge in [-0.25, -0.2) is 25.6 Å². The van der Waals surface area contributed by atoms with Crippen molar-refractivity contribution in [2.75, 3.05) is 18.4 Å². The van der Waals surface area contributed by atoms with E-state index in [-0.39, 0.29) is 16.9 Å². The van der Waals surface area contributed by atoms with E-state index in [1.54, 1.807) is 12.1 Å². The molecule has 2 aromatic carbocycles. The van der Waals surface area contributed by atoms with Crippen molar-refractivity contribution in [1.29, 1.82) is 0 Å². The molecule has 0 saturated carbocycles. The summed E-state index contributed by atoms with van der Waals surface area (Å²) in [5, 5.41) is 6.66. The Balaban J connectivity index is 1.88. The van der Waals surface area contributed by atoms with E-state index < -0.39 is 32.7 Å². The van der Waals surface area contributed by atoms with Crippen LogP contribution in [0.1, 0.15) is 24.8 Å². The van der Waals surface area contributed by atoms with Crippen LogP contribution >= 0.6 is 0 Å². The van der Waals surface area contributed by atoms with Crippen molar-refractivity contribution in [2.45, 2.75) is 30.2 Å². The average molecular weight is 423 g/mol. The number of hydrogen-bond donors (Lipinski definition) is 2. The molecule has 0 spiro atoms. The fraction of sp³-hybridized carbons (Fsp3) is 0.300. The van der Waals surface area contributed by atoms with E-state index >= 15 is 0 Å². The summed E-state index contributed by atoms with van der Waals surface area (Å²) in [4.78, 5) is -0.561. The first-order chi connectivity index (χ1) is 13.9. The van der Waals surface area contributed by atoms with Crippen LogP contribution in [0.5, 0.6) is 0 Å². The second kappa shape index (κ2) is 7.72. The topological polar surface area (TPSA) is 63.1 Å². The predicted octanol–water partition coefficient (Wildman–Crippen LogP) is 4.12. The summed E-state index contributed by atoms with van der Waals surface area (Å²) in [6.07, 6.45) is -0.334. The van der Waals surface area contributed by atoms with Gasteiger partial charge >= 0.3 is 0 Å². The third-order valence-corrected chi connectivity index (χ3v) is 6.84. The second-order valence-corrected chi connectivity index (χ2v) is 8.77. The highest BCUT2D eigenvalue weighted by molar-refractivity contribution is 7.90. The van der Waals surface area contributed by atoms with E-state index in [2.05, 4.69) is 10.6 Å². The summed E-state index contributed by atoms with van der Waals surface area (Å²) in [5.74, 6) is -0.933. The summed E-state index contributed by atoms with van der Waals surface area (Å²) < 4.78 is 68.7. The Morgan fingerprint density at radius 2 is 1.79 bits per heavy atom. The normalized spacial score (nSPS) is 15.9. The van der Waals surface area contributed by atoms with Crippen molar-refractivity contribution in [3.8, 4) is 0 Å². The minimum Gasteiger partial charge on any atom is -0.382 e. The predicted molar refractivity (Wildman–Crippen MR) is 105 cm³/mol. The molecule has 1 aliphatic heterocycles. The lowest BCUT2D eigenvalue weighted by atomic mass is 10.0. The first kappa shape index (κ1) is 19.8. The van der Waals surface area contributed by atoms with Gasteiger partial charge in [-0.2, -0.15) is 0 Å². The molecule has 0 aliphatic carbocycles. The van der Waals surface area contributed by atoms with Crippen LogP contribution in [0.25, 0.3) is 10.9 Å². The molecular weight excluding hydrogens is 403 g/mol. The van der Waals surface area contributed by atoms with E-state index in [0.717, 1.165) is 48.2 Å². The number of anilines is 1. The summed E-state index contributed by atoms with van der Waals surface area (Å²) >= 11 is 0. The standard InChI is InChI=1S/C20H20F3N3O2S/c21-15-4-1-2-7-18(15)29(27,28)26-12-14(20(22)23)19-16(5-3-6-17(19)26)25-13-8-10-24-11-9-13/h1-7,12-13,20,24-25H,8-11H2. The van der Waals surface area contributed by atoms with Gasteiger partial charge in [0.15, 0.2) is 0 Å². The Labute approximate surface area is 166 Å². The zero-order valence-corrected chi connectivity index (χ0v) is 16.2. The van der Waals surface area contributed by atoms with Gasteiger partial charge in [-0.05, 0) is 50.2 Å². The molecule has 1 aliphatic rings. The molecule has 2 heterocycles. The summed E-state index contributed by atoms with van der Waals surface area (Å²) in [6.45, 7) is 1.63. The fourth-order valence-corrected chi connectivity index (χ4v) is 5.16. The molecule has 154 valence electrons. The van der Waals surface area contributed by atoms with Crippen LogP contribution in [0.4, 0.5) is 18.9 Å². The number of rotatable bonds is 5. The maximum absolute atomic E-state index is 14.2. The Bertz CT molecular complexity index is 1140. The maximum Gasteiger partial charge on any atom is 0.271 e. The maximum atomic E-state index is 14.2. The highest BCUT2D eigenvalue weighted by Gasteiger charge is 2.28. The smallest absolute Gasteiger partial charge is 0.271 e. The molecule has 0 radical (unpaired) electrons. The lowest BCUT2D eigenvalue weighted by Crippen LogP contribution is -2.35. The monoisotopic (exact) mass is 423 g/mol. The van der Waals surface area contributed by atoms with Gasteiger partial charge in [0.2, 0.25) is 0 Å². The first-order valence-electron chi connectivity index (χ1n) is 9.29. The van der Waals surface area contributed by atoms with Crippen LogP contribution in [0, 0.1) is 5.82 Å². The van der Waals surface area contributed by atoms with Gasteiger partial charge in [0, 0.05) is 28.9 Å². The van der Waals surface area contributed by atoms with Crippen LogP contribution in [-0.2, 0) is 10.0 Å². The molecule has 0 unspecified atom stereocenters. The Morgan fingerprint density at radius 1 is 1.07 bits per heavy atom. The molecule has 0 bridgehead atoms. The van der Waals surface area contributed by atoms with Crippen LogP contribution in [0.15, 0.2) is 53.6 Å². The zero-order chi connectivity index (χ0) is 20.6. The number of halogens is 3. The molecule has 1 aromatic heterocycles. The highest BCUT2D eigenvalue weighted by Crippen LogP contribution is 2.37. The fourth-order valence-electron chi connectivity index (χ4n) is 3.72.